The van der Waals surface area contributed by atoms with Crippen LogP contribution in [0.1, 0.15) is 46.7 Å². The van der Waals surface area contributed by atoms with Gasteiger partial charge in [-0.2, -0.15) is 0 Å². The summed E-state index contributed by atoms with van der Waals surface area (Å²) in [4.78, 5) is 44.0. The molecule has 2 atom stereocenters. The topological polar surface area (TPSA) is 67.3 Å². The van der Waals surface area contributed by atoms with E-state index in [9.17, 15) is 14.4 Å². The van der Waals surface area contributed by atoms with Crippen molar-refractivity contribution in [3.63, 3.8) is 0 Å². The van der Waals surface area contributed by atoms with Gasteiger partial charge in [-0.15, -0.1) is 0 Å². The van der Waals surface area contributed by atoms with Crippen molar-refractivity contribution >= 4 is 17.5 Å². The third-order valence-corrected chi connectivity index (χ3v) is 5.78. The van der Waals surface area contributed by atoms with Crippen LogP contribution in [0.15, 0.2) is 36.5 Å². The van der Waals surface area contributed by atoms with Crippen LogP contribution in [0, 0.1) is 26.7 Å². The van der Waals surface area contributed by atoms with Crippen molar-refractivity contribution in [3.05, 3.63) is 64.5 Å². The fourth-order valence-electron chi connectivity index (χ4n) is 4.32. The quantitative estimate of drug-likeness (QED) is 0.707. The molecule has 29 heavy (non-hydrogen) atoms. The van der Waals surface area contributed by atoms with E-state index in [1.807, 2.05) is 51.1 Å². The molecule has 1 saturated carbocycles. The van der Waals surface area contributed by atoms with Gasteiger partial charge < -0.3 is 4.90 Å². The molecule has 5 nitrogen and oxygen atoms in total. The number of carbonyl (C=O) groups excluding carboxylic acids is 3. The summed E-state index contributed by atoms with van der Waals surface area (Å²) in [6.07, 6.45) is 2.67. The molecule has 1 heterocycles. The molecule has 5 heteroatoms. The molecule has 2 aromatic rings. The van der Waals surface area contributed by atoms with Gasteiger partial charge in [0.05, 0.1) is 6.42 Å². The molecule has 0 spiro atoms. The molecule has 0 saturated heterocycles. The molecule has 1 fully saturated rings. The number of hydrogen-bond donors (Lipinski definition) is 0. The Morgan fingerprint density at radius 2 is 1.83 bits per heavy atom. The monoisotopic (exact) mass is 392 g/mol. The Bertz CT molecular complexity index is 913. The van der Waals surface area contributed by atoms with Crippen LogP contribution in [0.4, 0.5) is 0 Å². The Morgan fingerprint density at radius 1 is 1.14 bits per heavy atom. The van der Waals surface area contributed by atoms with Crippen molar-refractivity contribution < 1.29 is 14.4 Å². The highest BCUT2D eigenvalue weighted by Gasteiger charge is 2.42. The SMILES string of the molecule is Cc1cc(C)c(C2C(=O)CC(CCN(C)C(=O)Cc3ccccn3)C2=O)c(C)c1. The van der Waals surface area contributed by atoms with E-state index in [1.165, 1.54) is 0 Å². The van der Waals surface area contributed by atoms with Crippen molar-refractivity contribution in [2.75, 3.05) is 13.6 Å². The molecular weight excluding hydrogens is 364 g/mol. The molecule has 152 valence electrons. The Labute approximate surface area is 172 Å². The molecule has 1 aromatic carbocycles. The van der Waals surface area contributed by atoms with E-state index >= 15 is 0 Å². The minimum Gasteiger partial charge on any atom is -0.345 e. The lowest BCUT2D eigenvalue weighted by atomic mass is 9.86. The lowest BCUT2D eigenvalue weighted by Gasteiger charge is -2.19. The number of nitrogens with zero attached hydrogens (tertiary/aromatic N) is 2. The average molecular weight is 392 g/mol. The first-order valence-electron chi connectivity index (χ1n) is 10.1. The van der Waals surface area contributed by atoms with Gasteiger partial charge in [-0.25, -0.2) is 0 Å². The molecule has 0 aliphatic heterocycles. The number of Topliss-reactive ketones (excluding diaryl/α,β-unsaturated/α-hetero) is 2. The maximum atomic E-state index is 13.0. The Balaban J connectivity index is 1.64. The van der Waals surface area contributed by atoms with Gasteiger partial charge in [0, 0.05) is 37.8 Å². The zero-order valence-electron chi connectivity index (χ0n) is 17.6. The number of rotatable bonds is 6. The summed E-state index contributed by atoms with van der Waals surface area (Å²) >= 11 is 0. The van der Waals surface area contributed by atoms with E-state index in [2.05, 4.69) is 4.98 Å². The van der Waals surface area contributed by atoms with Crippen LogP contribution < -0.4 is 0 Å². The smallest absolute Gasteiger partial charge is 0.228 e. The second kappa shape index (κ2) is 8.68. The minimum atomic E-state index is -0.657. The highest BCUT2D eigenvalue weighted by Crippen LogP contribution is 2.37. The van der Waals surface area contributed by atoms with Crippen LogP contribution in [0.3, 0.4) is 0 Å². The Morgan fingerprint density at radius 3 is 2.45 bits per heavy atom. The summed E-state index contributed by atoms with van der Waals surface area (Å²) in [5.74, 6) is -1.02. The highest BCUT2D eigenvalue weighted by molar-refractivity contribution is 6.15. The Hall–Kier alpha value is -2.82. The first kappa shape index (κ1) is 20.9. The van der Waals surface area contributed by atoms with Crippen LogP contribution >= 0.6 is 0 Å². The van der Waals surface area contributed by atoms with Gasteiger partial charge in [-0.3, -0.25) is 19.4 Å². The predicted octanol–water partition coefficient (Wildman–Crippen LogP) is 3.34. The van der Waals surface area contributed by atoms with Gasteiger partial charge >= 0.3 is 0 Å². The van der Waals surface area contributed by atoms with Gasteiger partial charge in [0.2, 0.25) is 5.91 Å². The molecule has 1 amide bonds. The molecular formula is C24H28N2O3. The number of aromatic nitrogens is 1. The second-order valence-electron chi connectivity index (χ2n) is 8.12. The van der Waals surface area contributed by atoms with E-state index in [0.717, 1.165) is 27.9 Å². The molecule has 2 unspecified atom stereocenters. The summed E-state index contributed by atoms with van der Waals surface area (Å²) in [5.41, 5.74) is 4.72. The summed E-state index contributed by atoms with van der Waals surface area (Å²) in [5, 5.41) is 0. The van der Waals surface area contributed by atoms with Gasteiger partial charge in [-0.05, 0) is 56.0 Å². The lowest BCUT2D eigenvalue weighted by molar-refractivity contribution is -0.130. The lowest BCUT2D eigenvalue weighted by Crippen LogP contribution is -2.31. The summed E-state index contributed by atoms with van der Waals surface area (Å²) in [6.45, 7) is 6.40. The van der Waals surface area contributed by atoms with E-state index < -0.39 is 5.92 Å². The summed E-state index contributed by atoms with van der Waals surface area (Å²) in [6, 6.07) is 9.55. The third-order valence-electron chi connectivity index (χ3n) is 5.78. The standard InChI is InChI=1S/C24H28N2O3/c1-15-11-16(2)22(17(3)12-15)23-20(27)13-18(24(23)29)8-10-26(4)21(28)14-19-7-5-6-9-25-19/h5-7,9,11-12,18,23H,8,10,13-14H2,1-4H3. The van der Waals surface area contributed by atoms with Crippen molar-refractivity contribution in [3.8, 4) is 0 Å². The molecule has 0 radical (unpaired) electrons. The van der Waals surface area contributed by atoms with Crippen LogP contribution in [-0.2, 0) is 20.8 Å². The number of pyridine rings is 1. The number of amides is 1. The molecule has 0 bridgehead atoms. The zero-order chi connectivity index (χ0) is 21.1. The molecule has 1 aliphatic carbocycles. The number of likely N-dealkylation sites (N-methyl/N-ethyl adjacent to an activating group) is 1. The van der Waals surface area contributed by atoms with Gasteiger partial charge in [-0.1, -0.05) is 23.8 Å². The normalized spacial score (nSPS) is 18.9. The number of aryl methyl sites for hydroxylation is 3. The maximum absolute atomic E-state index is 13.0. The third kappa shape index (κ3) is 4.61. The second-order valence-corrected chi connectivity index (χ2v) is 8.12. The first-order valence-corrected chi connectivity index (χ1v) is 10.1. The number of hydrogen-bond acceptors (Lipinski definition) is 4. The van der Waals surface area contributed by atoms with Crippen molar-refractivity contribution in [2.45, 2.75) is 46.0 Å². The number of benzene rings is 1. The summed E-state index contributed by atoms with van der Waals surface area (Å²) < 4.78 is 0. The van der Waals surface area contributed by atoms with Crippen LogP contribution in [0.25, 0.3) is 0 Å². The average Bonchev–Trinajstić information content (AvgIpc) is 2.94. The van der Waals surface area contributed by atoms with Crippen molar-refractivity contribution in [2.24, 2.45) is 5.92 Å². The van der Waals surface area contributed by atoms with Crippen LogP contribution in [0.5, 0.6) is 0 Å². The van der Waals surface area contributed by atoms with Crippen LogP contribution in [-0.4, -0.2) is 40.9 Å². The maximum Gasteiger partial charge on any atom is 0.228 e. The highest BCUT2D eigenvalue weighted by atomic mass is 16.2. The van der Waals surface area contributed by atoms with Gasteiger partial charge in [0.1, 0.15) is 11.7 Å². The molecule has 0 N–H and O–H groups in total. The summed E-state index contributed by atoms with van der Waals surface area (Å²) in [7, 11) is 1.73. The molecule has 1 aromatic heterocycles. The molecule has 3 rings (SSSR count). The van der Waals surface area contributed by atoms with Crippen molar-refractivity contribution in [1.29, 1.82) is 0 Å². The molecule has 1 aliphatic rings. The fourth-order valence-corrected chi connectivity index (χ4v) is 4.32. The van der Waals surface area contributed by atoms with E-state index in [1.54, 1.807) is 18.1 Å². The minimum absolute atomic E-state index is 0.00230. The number of ketones is 2. The number of carbonyl (C=O) groups is 3. The first-order chi connectivity index (χ1) is 13.8. The van der Waals surface area contributed by atoms with E-state index in [-0.39, 0.29) is 36.2 Å². The predicted molar refractivity (Wildman–Crippen MR) is 112 cm³/mol. The Kier molecular flexibility index (Phi) is 6.26. The van der Waals surface area contributed by atoms with Gasteiger partial charge in [0.25, 0.3) is 0 Å². The van der Waals surface area contributed by atoms with Crippen LogP contribution in [0.2, 0.25) is 0 Å². The van der Waals surface area contributed by atoms with Gasteiger partial charge in [0.15, 0.2) is 5.78 Å². The van der Waals surface area contributed by atoms with E-state index in [4.69, 9.17) is 0 Å². The van der Waals surface area contributed by atoms with E-state index in [0.29, 0.717) is 13.0 Å². The van der Waals surface area contributed by atoms with Crippen molar-refractivity contribution in [1.82, 2.24) is 9.88 Å². The zero-order valence-corrected chi connectivity index (χ0v) is 17.6. The fraction of sp³-hybridized carbons (Fsp3) is 0.417. The largest absolute Gasteiger partial charge is 0.345 e.